The third-order valence-electron chi connectivity index (χ3n) is 4.79. The van der Waals surface area contributed by atoms with E-state index in [0.717, 1.165) is 27.5 Å². The lowest BCUT2D eigenvalue weighted by Crippen LogP contribution is -2.10. The molecule has 30 heavy (non-hydrogen) atoms. The summed E-state index contributed by atoms with van der Waals surface area (Å²) in [6.07, 6.45) is 3.69. The monoisotopic (exact) mass is 457 g/mol. The topological polar surface area (TPSA) is 38.9 Å². The predicted molar refractivity (Wildman–Crippen MR) is 126 cm³/mol. The van der Waals surface area contributed by atoms with E-state index in [1.165, 1.54) is 5.56 Å². The molecule has 4 rings (SSSR count). The standard InChI is InChI=1S/C23H21Cl2N3OS/c1-23(2,3)17-7-5-16(6-8-17)21-20(28-10-11-30-22(28)27-21)13-26-29-14-15-4-9-18(24)19(25)12-15/h4-13H,14H2,1-3H3. The van der Waals surface area contributed by atoms with Gasteiger partial charge in [0.2, 0.25) is 0 Å². The molecule has 4 nitrogen and oxygen atoms in total. The van der Waals surface area contributed by atoms with Crippen LogP contribution in [0.25, 0.3) is 16.2 Å². The van der Waals surface area contributed by atoms with Crippen LogP contribution in [0.1, 0.15) is 37.6 Å². The van der Waals surface area contributed by atoms with Crippen LogP contribution >= 0.6 is 34.5 Å². The van der Waals surface area contributed by atoms with Gasteiger partial charge in [-0.1, -0.05) is 79.5 Å². The van der Waals surface area contributed by atoms with Crippen molar-refractivity contribution in [3.8, 4) is 11.3 Å². The van der Waals surface area contributed by atoms with Crippen molar-refractivity contribution in [1.29, 1.82) is 0 Å². The maximum absolute atomic E-state index is 6.05. The Labute approximate surface area is 189 Å². The number of rotatable bonds is 5. The molecular formula is C23H21Cl2N3OS. The van der Waals surface area contributed by atoms with E-state index in [0.29, 0.717) is 16.7 Å². The number of oxime groups is 1. The van der Waals surface area contributed by atoms with Gasteiger partial charge in [0.05, 0.1) is 27.6 Å². The van der Waals surface area contributed by atoms with E-state index >= 15 is 0 Å². The van der Waals surface area contributed by atoms with Gasteiger partial charge >= 0.3 is 0 Å². The number of aromatic nitrogens is 2. The van der Waals surface area contributed by atoms with Crippen LogP contribution in [0.3, 0.4) is 0 Å². The third-order valence-corrected chi connectivity index (χ3v) is 6.28. The van der Waals surface area contributed by atoms with Gasteiger partial charge in [-0.2, -0.15) is 0 Å². The molecule has 0 saturated carbocycles. The molecule has 0 unspecified atom stereocenters. The summed E-state index contributed by atoms with van der Waals surface area (Å²) in [5.74, 6) is 0. The van der Waals surface area contributed by atoms with Gasteiger partial charge in [0.25, 0.3) is 0 Å². The van der Waals surface area contributed by atoms with Crippen molar-refractivity contribution >= 4 is 45.7 Å². The van der Waals surface area contributed by atoms with Gasteiger partial charge in [0.1, 0.15) is 6.61 Å². The van der Waals surface area contributed by atoms with E-state index in [1.54, 1.807) is 29.7 Å². The molecule has 2 aromatic heterocycles. The number of thiazole rings is 1. The van der Waals surface area contributed by atoms with Crippen LogP contribution in [0.2, 0.25) is 10.0 Å². The van der Waals surface area contributed by atoms with Gasteiger partial charge in [0.15, 0.2) is 4.96 Å². The second kappa shape index (κ2) is 8.42. The minimum Gasteiger partial charge on any atom is -0.391 e. The normalized spacial score (nSPS) is 12.2. The molecule has 2 heterocycles. The highest BCUT2D eigenvalue weighted by Crippen LogP contribution is 2.29. The molecule has 0 aliphatic heterocycles. The molecule has 0 radical (unpaired) electrons. The zero-order chi connectivity index (χ0) is 21.3. The van der Waals surface area contributed by atoms with Gasteiger partial charge in [0, 0.05) is 17.1 Å². The van der Waals surface area contributed by atoms with E-state index in [1.807, 2.05) is 22.0 Å². The van der Waals surface area contributed by atoms with Gasteiger partial charge in [-0.05, 0) is 28.7 Å². The second-order valence-corrected chi connectivity index (χ2v) is 9.67. The lowest BCUT2D eigenvalue weighted by Gasteiger charge is -2.19. The molecule has 0 atom stereocenters. The molecule has 0 N–H and O–H groups in total. The van der Waals surface area contributed by atoms with Crippen LogP contribution in [-0.2, 0) is 16.9 Å². The van der Waals surface area contributed by atoms with Crippen molar-refractivity contribution < 1.29 is 4.84 Å². The van der Waals surface area contributed by atoms with Crippen molar-refractivity contribution in [3.05, 3.63) is 80.9 Å². The number of hydrogen-bond donors (Lipinski definition) is 0. The average Bonchev–Trinajstić information content (AvgIpc) is 3.29. The van der Waals surface area contributed by atoms with E-state index in [2.05, 4.69) is 50.2 Å². The van der Waals surface area contributed by atoms with E-state index in [9.17, 15) is 0 Å². The molecule has 0 spiro atoms. The van der Waals surface area contributed by atoms with Gasteiger partial charge < -0.3 is 4.84 Å². The Hall–Kier alpha value is -2.34. The molecule has 0 amide bonds. The molecule has 154 valence electrons. The molecule has 0 bridgehead atoms. The zero-order valence-corrected chi connectivity index (χ0v) is 19.2. The van der Waals surface area contributed by atoms with E-state index < -0.39 is 0 Å². The van der Waals surface area contributed by atoms with Crippen LogP contribution in [0.15, 0.2) is 59.2 Å². The molecular weight excluding hydrogens is 437 g/mol. The number of benzene rings is 2. The number of imidazole rings is 1. The van der Waals surface area contributed by atoms with Crippen molar-refractivity contribution in [2.45, 2.75) is 32.8 Å². The van der Waals surface area contributed by atoms with Crippen molar-refractivity contribution in [2.24, 2.45) is 5.16 Å². The lowest BCUT2D eigenvalue weighted by molar-refractivity contribution is 0.132. The second-order valence-electron chi connectivity index (χ2n) is 7.98. The Morgan fingerprint density at radius 2 is 1.87 bits per heavy atom. The zero-order valence-electron chi connectivity index (χ0n) is 16.9. The summed E-state index contributed by atoms with van der Waals surface area (Å²) in [6, 6.07) is 13.9. The van der Waals surface area contributed by atoms with Gasteiger partial charge in [-0.25, -0.2) is 4.98 Å². The highest BCUT2D eigenvalue weighted by atomic mass is 35.5. The summed E-state index contributed by atoms with van der Waals surface area (Å²) in [5.41, 5.74) is 5.09. The molecule has 0 saturated heterocycles. The number of halogens is 2. The number of hydrogen-bond acceptors (Lipinski definition) is 4. The minimum absolute atomic E-state index is 0.107. The maximum atomic E-state index is 6.05. The fraction of sp³-hybridized carbons (Fsp3) is 0.217. The largest absolute Gasteiger partial charge is 0.391 e. The van der Waals surface area contributed by atoms with Crippen LogP contribution in [0.5, 0.6) is 0 Å². The SMILES string of the molecule is CC(C)(C)c1ccc(-c2nc3sccn3c2C=NOCc2ccc(Cl)c(Cl)c2)cc1. The number of nitrogens with zero attached hydrogens (tertiary/aromatic N) is 3. The van der Waals surface area contributed by atoms with Gasteiger partial charge in [-0.3, -0.25) is 4.40 Å². The molecule has 7 heteroatoms. The number of fused-ring (bicyclic) bond motifs is 1. The van der Waals surface area contributed by atoms with Gasteiger partial charge in [-0.15, -0.1) is 11.3 Å². The maximum Gasteiger partial charge on any atom is 0.194 e. The molecule has 4 aromatic rings. The summed E-state index contributed by atoms with van der Waals surface area (Å²) in [4.78, 5) is 11.2. The summed E-state index contributed by atoms with van der Waals surface area (Å²) >= 11 is 13.6. The van der Waals surface area contributed by atoms with E-state index in [-0.39, 0.29) is 5.41 Å². The fourth-order valence-electron chi connectivity index (χ4n) is 3.10. The van der Waals surface area contributed by atoms with Crippen LogP contribution in [0.4, 0.5) is 0 Å². The first-order chi connectivity index (χ1) is 14.3. The summed E-state index contributed by atoms with van der Waals surface area (Å²) in [7, 11) is 0. The van der Waals surface area contributed by atoms with Crippen LogP contribution in [0, 0.1) is 0 Å². The first-order valence-corrected chi connectivity index (χ1v) is 11.1. The molecule has 2 aromatic carbocycles. The molecule has 0 aliphatic rings. The third kappa shape index (κ3) is 4.38. The Kier molecular flexibility index (Phi) is 5.87. The lowest BCUT2D eigenvalue weighted by atomic mass is 9.86. The Morgan fingerprint density at radius 1 is 1.10 bits per heavy atom. The molecule has 0 fully saturated rings. The predicted octanol–water partition coefficient (Wildman–Crippen LogP) is 7.22. The molecule has 0 aliphatic carbocycles. The fourth-order valence-corrected chi connectivity index (χ4v) is 4.14. The summed E-state index contributed by atoms with van der Waals surface area (Å²) in [6.45, 7) is 6.92. The van der Waals surface area contributed by atoms with Crippen molar-refractivity contribution in [1.82, 2.24) is 9.38 Å². The van der Waals surface area contributed by atoms with Crippen molar-refractivity contribution in [2.75, 3.05) is 0 Å². The van der Waals surface area contributed by atoms with Crippen molar-refractivity contribution in [3.63, 3.8) is 0 Å². The quantitative estimate of drug-likeness (QED) is 0.234. The Balaban J connectivity index is 1.58. The average molecular weight is 458 g/mol. The first kappa shape index (κ1) is 20.9. The Bertz CT molecular complexity index is 1200. The Morgan fingerprint density at radius 3 is 2.57 bits per heavy atom. The highest BCUT2D eigenvalue weighted by molar-refractivity contribution is 7.15. The van der Waals surface area contributed by atoms with Crippen LogP contribution in [-0.4, -0.2) is 15.6 Å². The summed E-state index contributed by atoms with van der Waals surface area (Å²) < 4.78 is 2.02. The van der Waals surface area contributed by atoms with Crippen LogP contribution < -0.4 is 0 Å². The van der Waals surface area contributed by atoms with E-state index in [4.69, 9.17) is 33.0 Å². The first-order valence-electron chi connectivity index (χ1n) is 9.48. The minimum atomic E-state index is 0.107. The smallest absolute Gasteiger partial charge is 0.194 e. The highest BCUT2D eigenvalue weighted by Gasteiger charge is 2.16. The summed E-state index contributed by atoms with van der Waals surface area (Å²) in [5, 5.41) is 7.20.